The Morgan fingerprint density at radius 2 is 1.53 bits per heavy atom. The van der Waals surface area contributed by atoms with E-state index in [9.17, 15) is 4.79 Å². The number of hydrogen-bond donors (Lipinski definition) is 2. The van der Waals surface area contributed by atoms with Crippen molar-refractivity contribution in [3.8, 4) is 0 Å². The molecule has 0 saturated heterocycles. The van der Waals surface area contributed by atoms with Crippen LogP contribution in [0.5, 0.6) is 0 Å². The largest absolute Gasteiger partial charge is 0.353 e. The van der Waals surface area contributed by atoms with E-state index < -0.39 is 0 Å². The van der Waals surface area contributed by atoms with Crippen LogP contribution in [-0.2, 0) is 4.79 Å². The fourth-order valence-electron chi connectivity index (χ4n) is 3.57. The van der Waals surface area contributed by atoms with E-state index in [1.807, 2.05) is 0 Å². The zero-order valence-electron chi connectivity index (χ0n) is 12.6. The van der Waals surface area contributed by atoms with Gasteiger partial charge in [-0.3, -0.25) is 4.79 Å². The lowest BCUT2D eigenvalue weighted by molar-refractivity contribution is -0.127. The average molecular weight is 266 g/mol. The van der Waals surface area contributed by atoms with Crippen LogP contribution in [0.25, 0.3) is 0 Å². The molecule has 0 spiro atoms. The van der Waals surface area contributed by atoms with Crippen molar-refractivity contribution in [3.63, 3.8) is 0 Å². The van der Waals surface area contributed by atoms with Crippen LogP contribution in [0.4, 0.5) is 0 Å². The summed E-state index contributed by atoms with van der Waals surface area (Å²) in [7, 11) is 0. The van der Waals surface area contributed by atoms with Gasteiger partial charge in [0.1, 0.15) is 0 Å². The van der Waals surface area contributed by atoms with Crippen LogP contribution in [0, 0.1) is 11.8 Å². The first-order chi connectivity index (χ1) is 9.19. The summed E-state index contributed by atoms with van der Waals surface area (Å²) in [6, 6.07) is 1.11. The van der Waals surface area contributed by atoms with Crippen molar-refractivity contribution >= 4 is 5.91 Å². The maximum atomic E-state index is 12.3. The predicted molar refractivity (Wildman–Crippen MR) is 79.0 cm³/mol. The van der Waals surface area contributed by atoms with E-state index in [1.54, 1.807) is 0 Å². The van der Waals surface area contributed by atoms with E-state index in [-0.39, 0.29) is 0 Å². The Balaban J connectivity index is 1.69. The molecule has 2 N–H and O–H groups in total. The Hall–Kier alpha value is -0.570. The van der Waals surface area contributed by atoms with Gasteiger partial charge in [-0.15, -0.1) is 0 Å². The number of rotatable bonds is 4. The van der Waals surface area contributed by atoms with E-state index in [0.717, 1.165) is 38.1 Å². The minimum atomic E-state index is 0.294. The molecule has 3 nitrogen and oxygen atoms in total. The molecule has 2 saturated carbocycles. The Morgan fingerprint density at radius 3 is 2.11 bits per heavy atom. The fourth-order valence-corrected chi connectivity index (χ4v) is 3.57. The van der Waals surface area contributed by atoms with Gasteiger partial charge in [-0.1, -0.05) is 13.8 Å². The first-order valence-electron chi connectivity index (χ1n) is 8.22. The van der Waals surface area contributed by atoms with E-state index in [1.165, 1.54) is 25.7 Å². The highest BCUT2D eigenvalue weighted by Crippen LogP contribution is 2.29. The second kappa shape index (κ2) is 7.28. The molecule has 0 aromatic carbocycles. The Bertz CT molecular complexity index is 276. The molecule has 0 heterocycles. The van der Waals surface area contributed by atoms with Crippen molar-refractivity contribution in [2.24, 2.45) is 11.8 Å². The van der Waals surface area contributed by atoms with Crippen molar-refractivity contribution in [2.75, 3.05) is 6.54 Å². The molecule has 1 amide bonds. The van der Waals surface area contributed by atoms with E-state index in [2.05, 4.69) is 24.5 Å². The molecule has 19 heavy (non-hydrogen) atoms. The summed E-state index contributed by atoms with van der Waals surface area (Å²) in [6.07, 6.45) is 9.36. The highest BCUT2D eigenvalue weighted by Gasteiger charge is 2.27. The molecule has 2 aliphatic carbocycles. The van der Waals surface area contributed by atoms with Gasteiger partial charge in [-0.05, 0) is 63.8 Å². The van der Waals surface area contributed by atoms with Crippen LogP contribution in [0.3, 0.4) is 0 Å². The van der Waals surface area contributed by atoms with E-state index in [0.29, 0.717) is 23.9 Å². The van der Waals surface area contributed by atoms with Crippen LogP contribution in [0.15, 0.2) is 0 Å². The topological polar surface area (TPSA) is 41.1 Å². The van der Waals surface area contributed by atoms with Crippen LogP contribution in [0.2, 0.25) is 0 Å². The quantitative estimate of drug-likeness (QED) is 0.821. The lowest BCUT2D eigenvalue weighted by atomic mass is 9.82. The van der Waals surface area contributed by atoms with Gasteiger partial charge in [-0.2, -0.15) is 0 Å². The van der Waals surface area contributed by atoms with Gasteiger partial charge in [0.05, 0.1) is 0 Å². The molecule has 0 radical (unpaired) electrons. The maximum Gasteiger partial charge on any atom is 0.223 e. The highest BCUT2D eigenvalue weighted by molar-refractivity contribution is 5.79. The second-order valence-corrected chi connectivity index (χ2v) is 6.57. The monoisotopic (exact) mass is 266 g/mol. The van der Waals surface area contributed by atoms with Crippen molar-refractivity contribution in [1.82, 2.24) is 10.6 Å². The van der Waals surface area contributed by atoms with Gasteiger partial charge in [0, 0.05) is 18.0 Å². The van der Waals surface area contributed by atoms with Gasteiger partial charge < -0.3 is 10.6 Å². The van der Waals surface area contributed by atoms with Gasteiger partial charge >= 0.3 is 0 Å². The lowest BCUT2D eigenvalue weighted by Gasteiger charge is -2.32. The fraction of sp³-hybridized carbons (Fsp3) is 0.938. The summed E-state index contributed by atoms with van der Waals surface area (Å²) in [5, 5.41) is 6.81. The zero-order valence-corrected chi connectivity index (χ0v) is 12.6. The molecule has 0 atom stereocenters. The number of amides is 1. The summed E-state index contributed by atoms with van der Waals surface area (Å²) in [5.74, 6) is 1.45. The van der Waals surface area contributed by atoms with Crippen LogP contribution >= 0.6 is 0 Å². The van der Waals surface area contributed by atoms with Crippen LogP contribution in [0.1, 0.15) is 65.2 Å². The summed E-state index contributed by atoms with van der Waals surface area (Å²) in [6.45, 7) is 5.52. The van der Waals surface area contributed by atoms with Crippen molar-refractivity contribution in [1.29, 1.82) is 0 Å². The van der Waals surface area contributed by atoms with E-state index >= 15 is 0 Å². The molecular formula is C16H30N2O. The summed E-state index contributed by atoms with van der Waals surface area (Å²) >= 11 is 0. The first kappa shape index (κ1) is 14.8. The summed E-state index contributed by atoms with van der Waals surface area (Å²) in [4.78, 5) is 12.3. The van der Waals surface area contributed by atoms with Gasteiger partial charge in [0.2, 0.25) is 5.91 Å². The number of nitrogens with one attached hydrogen (secondary N) is 2. The van der Waals surface area contributed by atoms with E-state index in [4.69, 9.17) is 0 Å². The molecule has 0 aromatic heterocycles. The van der Waals surface area contributed by atoms with Gasteiger partial charge in [-0.25, -0.2) is 0 Å². The predicted octanol–water partition coefficient (Wildman–Crippen LogP) is 2.85. The third-order valence-electron chi connectivity index (χ3n) is 4.95. The number of carbonyl (C=O) groups excluding carboxylic acids is 1. The minimum Gasteiger partial charge on any atom is -0.353 e. The number of hydrogen-bond acceptors (Lipinski definition) is 2. The first-order valence-corrected chi connectivity index (χ1v) is 8.22. The lowest BCUT2D eigenvalue weighted by Crippen LogP contribution is -2.44. The van der Waals surface area contributed by atoms with Crippen LogP contribution in [-0.4, -0.2) is 24.5 Å². The molecule has 3 heteroatoms. The van der Waals surface area contributed by atoms with Crippen molar-refractivity contribution in [2.45, 2.75) is 77.3 Å². The van der Waals surface area contributed by atoms with Gasteiger partial charge in [0.15, 0.2) is 0 Å². The zero-order chi connectivity index (χ0) is 13.7. The summed E-state index contributed by atoms with van der Waals surface area (Å²) in [5.41, 5.74) is 0. The van der Waals surface area contributed by atoms with Crippen molar-refractivity contribution in [3.05, 3.63) is 0 Å². The Morgan fingerprint density at radius 1 is 0.947 bits per heavy atom. The van der Waals surface area contributed by atoms with Crippen molar-refractivity contribution < 1.29 is 4.79 Å². The second-order valence-electron chi connectivity index (χ2n) is 6.57. The maximum absolute atomic E-state index is 12.3. The molecule has 0 aromatic rings. The number of carbonyl (C=O) groups is 1. The SMILES string of the molecule is CCNC1CCC(NC(=O)C2CCC(C)CC2)CC1. The molecule has 0 bridgehead atoms. The Kier molecular flexibility index (Phi) is 5.68. The average Bonchev–Trinajstić information content (AvgIpc) is 2.42. The smallest absolute Gasteiger partial charge is 0.223 e. The molecule has 0 unspecified atom stereocenters. The molecular weight excluding hydrogens is 236 g/mol. The Labute approximate surface area is 117 Å². The standard InChI is InChI=1S/C16H30N2O/c1-3-17-14-8-10-15(11-9-14)18-16(19)13-6-4-12(2)5-7-13/h12-15,17H,3-11H2,1-2H3,(H,18,19). The molecule has 110 valence electrons. The third kappa shape index (κ3) is 4.48. The highest BCUT2D eigenvalue weighted by atomic mass is 16.1. The van der Waals surface area contributed by atoms with Crippen LogP contribution < -0.4 is 10.6 Å². The van der Waals surface area contributed by atoms with Gasteiger partial charge in [0.25, 0.3) is 0 Å². The molecule has 0 aliphatic heterocycles. The third-order valence-corrected chi connectivity index (χ3v) is 4.95. The molecule has 2 aliphatic rings. The normalized spacial score (nSPS) is 35.9. The molecule has 2 fully saturated rings. The molecule has 2 rings (SSSR count). The summed E-state index contributed by atoms with van der Waals surface area (Å²) < 4.78 is 0. The minimum absolute atomic E-state index is 0.294.